The van der Waals surface area contributed by atoms with E-state index in [2.05, 4.69) is 54.3 Å². The molecule has 0 unspecified atom stereocenters. The number of hydrogen-bond donors (Lipinski definition) is 8. The van der Waals surface area contributed by atoms with Crippen molar-refractivity contribution in [2.24, 2.45) is 17.6 Å². The molecular formula is C84H96F2N14O7. The molecule has 6 aromatic carbocycles. The summed E-state index contributed by atoms with van der Waals surface area (Å²) in [6, 6.07) is 37.8. The number of aryl methyl sites for hydroxylation is 4. The summed E-state index contributed by atoms with van der Waals surface area (Å²) < 4.78 is 44.6. The van der Waals surface area contributed by atoms with E-state index in [1.54, 1.807) is 97.1 Å². The molecule has 0 bridgehead atoms. The van der Waals surface area contributed by atoms with Crippen LogP contribution in [0.5, 0.6) is 0 Å². The number of rotatable bonds is 28. The number of benzene rings is 6. The summed E-state index contributed by atoms with van der Waals surface area (Å²) in [6.45, 7) is 15.9. The normalized spacial score (nSPS) is 14.5. The number of nitrogens with zero attached hydrogens (tertiary/aromatic N) is 6. The summed E-state index contributed by atoms with van der Waals surface area (Å²) in [6.07, 6.45) is 14.7. The molecule has 4 fully saturated rings. The molecule has 4 aromatic heterocycles. The van der Waals surface area contributed by atoms with Gasteiger partial charge in [0.05, 0.1) is 34.5 Å². The number of ether oxygens (including phenoxy) is 2. The number of nitrogens with two attached hydrogens (primary N) is 1. The van der Waals surface area contributed by atoms with Crippen LogP contribution in [0.25, 0.3) is 44.3 Å². The zero-order valence-corrected chi connectivity index (χ0v) is 61.4. The van der Waals surface area contributed by atoms with Crippen LogP contribution in [-0.4, -0.2) is 111 Å². The number of anilines is 2. The van der Waals surface area contributed by atoms with Gasteiger partial charge in [0.1, 0.15) is 17.9 Å². The lowest BCUT2D eigenvalue weighted by atomic mass is 10.00. The summed E-state index contributed by atoms with van der Waals surface area (Å²) in [5.41, 5.74) is 19.0. The Bertz CT molecular complexity index is 4790. The van der Waals surface area contributed by atoms with Crippen LogP contribution in [0.2, 0.25) is 0 Å². The fourth-order valence-electron chi connectivity index (χ4n) is 13.4. The number of nitrogens with one attached hydrogen (secondary N) is 7. The molecule has 558 valence electrons. The molecule has 2 aliphatic heterocycles. The number of pyridine rings is 2. The molecule has 21 nitrogen and oxygen atoms in total. The standard InChI is InChI=1S/C42H48FN7O3.C38H39FN6O4.C4H9N/c1-3-38-35(39(48-33-15-17-53-18-16-33)36-26-47-50(4-2)40(36)49-38)25-46-42(52)32-10-6-9-31(21-32)41(51)45-24-29-13-14-37(43)34(20-29)30-8-5-7-28(19-30)23-44-22-27-11-12-27;1-3-34-31(35(43-29-13-15-49-16-14-29)32-22-42-45(4-2)36(32)44-34)21-41-38(48)28-10-6-9-27(19-28)37(47)40-20-24-11-12-33(39)30(18-24)26-8-5-7-25(17-26)23-46;5-3-4-1-2-4/h5-10,13-14,19-21,26-27,33,44H,3-4,11-12,15-18,22-25H2,1-2H3,(H,45,51)(H,46,52)(H,48,49);5-12,17-19,22-23,29H,3-4,13-16,20-21H2,1-2H3,(H,40,47)(H,41,48)(H,43,44);4H,1-3,5H2. The number of hydrogen-bond acceptors (Lipinski definition) is 15. The van der Waals surface area contributed by atoms with Gasteiger partial charge in [0.25, 0.3) is 23.6 Å². The van der Waals surface area contributed by atoms with Gasteiger partial charge in [-0.1, -0.05) is 74.5 Å². The molecule has 0 atom stereocenters. The Labute approximate surface area is 623 Å². The lowest BCUT2D eigenvalue weighted by Gasteiger charge is -2.26. The van der Waals surface area contributed by atoms with E-state index < -0.39 is 5.82 Å². The third-order valence-electron chi connectivity index (χ3n) is 20.0. The molecule has 107 heavy (non-hydrogen) atoms. The summed E-state index contributed by atoms with van der Waals surface area (Å²) in [7, 11) is 0. The second-order valence-corrected chi connectivity index (χ2v) is 27.7. The maximum absolute atomic E-state index is 15.0. The zero-order valence-electron chi connectivity index (χ0n) is 61.4. The summed E-state index contributed by atoms with van der Waals surface area (Å²) >= 11 is 0. The van der Waals surface area contributed by atoms with E-state index >= 15 is 4.39 Å². The second-order valence-electron chi connectivity index (χ2n) is 27.7. The van der Waals surface area contributed by atoms with E-state index in [9.17, 15) is 28.4 Å². The first-order valence-electron chi connectivity index (χ1n) is 37.6. The van der Waals surface area contributed by atoms with Crippen molar-refractivity contribution in [2.75, 3.05) is 50.2 Å². The number of aromatic nitrogens is 6. The minimum Gasteiger partial charge on any atom is -0.381 e. The lowest BCUT2D eigenvalue weighted by Crippen LogP contribution is -2.30. The van der Waals surface area contributed by atoms with Crippen molar-refractivity contribution in [3.05, 3.63) is 225 Å². The van der Waals surface area contributed by atoms with Gasteiger partial charge in [0.15, 0.2) is 11.3 Å². The van der Waals surface area contributed by atoms with Gasteiger partial charge in [-0.15, -0.1) is 0 Å². The molecule has 9 N–H and O–H groups in total. The second kappa shape index (κ2) is 36.6. The third kappa shape index (κ3) is 19.7. The van der Waals surface area contributed by atoms with Crippen molar-refractivity contribution in [1.29, 1.82) is 0 Å². The van der Waals surface area contributed by atoms with Gasteiger partial charge in [-0.05, 0) is 204 Å². The molecule has 14 rings (SSSR count). The number of amides is 4. The van der Waals surface area contributed by atoms with Crippen molar-refractivity contribution in [3.63, 3.8) is 0 Å². The Hall–Kier alpha value is -10.6. The Morgan fingerprint density at radius 2 is 0.916 bits per heavy atom. The molecule has 2 saturated heterocycles. The van der Waals surface area contributed by atoms with E-state index in [1.807, 2.05) is 66.8 Å². The van der Waals surface area contributed by atoms with E-state index in [-0.39, 0.29) is 67.7 Å². The molecule has 4 amide bonds. The minimum absolute atomic E-state index is 0.142. The third-order valence-corrected chi connectivity index (χ3v) is 20.0. The number of fused-ring (bicyclic) bond motifs is 2. The van der Waals surface area contributed by atoms with Gasteiger partial charge in [0, 0.05) is 146 Å². The van der Waals surface area contributed by atoms with Crippen molar-refractivity contribution in [2.45, 2.75) is 150 Å². The maximum Gasteiger partial charge on any atom is 0.251 e. The largest absolute Gasteiger partial charge is 0.381 e. The fourth-order valence-corrected chi connectivity index (χ4v) is 13.4. The minimum atomic E-state index is -0.430. The first-order valence-corrected chi connectivity index (χ1v) is 37.6. The summed E-state index contributed by atoms with van der Waals surface area (Å²) in [5.74, 6) is -0.357. The summed E-state index contributed by atoms with van der Waals surface area (Å²) in [5, 5.41) is 33.9. The topological polar surface area (TPSA) is 275 Å². The number of aldehydes is 1. The molecule has 2 saturated carbocycles. The predicted octanol–water partition coefficient (Wildman–Crippen LogP) is 13.2. The van der Waals surface area contributed by atoms with Crippen molar-refractivity contribution >= 4 is 63.4 Å². The predicted molar refractivity (Wildman–Crippen MR) is 413 cm³/mol. The van der Waals surface area contributed by atoms with Crippen molar-refractivity contribution < 1.29 is 42.2 Å². The highest BCUT2D eigenvalue weighted by molar-refractivity contribution is 6.01. The van der Waals surface area contributed by atoms with Crippen LogP contribution < -0.4 is 43.0 Å². The van der Waals surface area contributed by atoms with Crippen LogP contribution in [0.1, 0.15) is 170 Å². The molecule has 0 radical (unpaired) electrons. The molecule has 0 spiro atoms. The maximum atomic E-state index is 15.0. The smallest absolute Gasteiger partial charge is 0.251 e. The number of halogens is 2. The first-order chi connectivity index (χ1) is 52.2. The average molecular weight is 1450 g/mol. The van der Waals surface area contributed by atoms with Crippen LogP contribution >= 0.6 is 0 Å². The molecule has 2 aliphatic carbocycles. The quantitative estimate of drug-likeness (QED) is 0.0212. The molecule has 4 aliphatic rings. The molecule has 6 heterocycles. The Morgan fingerprint density at radius 3 is 1.33 bits per heavy atom. The van der Waals surface area contributed by atoms with E-state index in [4.69, 9.17) is 25.2 Å². The monoisotopic (exact) mass is 1450 g/mol. The van der Waals surface area contributed by atoms with Crippen molar-refractivity contribution in [1.82, 2.24) is 56.1 Å². The molecule has 10 aromatic rings. The highest BCUT2D eigenvalue weighted by Gasteiger charge is 2.27. The average Bonchev–Trinajstić information content (AvgIpc) is 1.03. The van der Waals surface area contributed by atoms with Gasteiger partial charge in [-0.2, -0.15) is 10.2 Å². The van der Waals surface area contributed by atoms with E-state index in [1.165, 1.54) is 37.8 Å². The SMILES string of the molecule is CCc1nc2c(cnn2CC)c(NC2CCOCC2)c1CNC(=O)c1cccc(C(=O)NCc2ccc(F)c(-c3cccc(C=O)c3)c2)c1.CCc1nc2c(cnn2CC)c(NC2CCOCC2)c1CNC(=O)c1cccc(C(=O)NCc2ccc(F)c(-c3cccc(CNCC4CC4)c3)c2)c1.NCC1CC1. The Balaban J connectivity index is 0.000000188. The zero-order chi connectivity index (χ0) is 74.8. The van der Waals surface area contributed by atoms with Crippen LogP contribution in [-0.2, 0) is 68.1 Å². The number of carbonyl (C=O) groups excluding carboxylic acids is 5. The van der Waals surface area contributed by atoms with Crippen LogP contribution in [0.3, 0.4) is 0 Å². The number of carbonyl (C=O) groups is 5. The first kappa shape index (κ1) is 76.1. The van der Waals surface area contributed by atoms with Crippen LogP contribution in [0.15, 0.2) is 146 Å². The summed E-state index contributed by atoms with van der Waals surface area (Å²) in [4.78, 5) is 74.6. The van der Waals surface area contributed by atoms with Crippen LogP contribution in [0, 0.1) is 23.5 Å². The van der Waals surface area contributed by atoms with E-state index in [0.717, 1.165) is 130 Å². The molecular weight excluding hydrogens is 1360 g/mol. The van der Waals surface area contributed by atoms with Gasteiger partial charge >= 0.3 is 0 Å². The molecule has 23 heteroatoms. The van der Waals surface area contributed by atoms with Crippen molar-refractivity contribution in [3.8, 4) is 22.3 Å². The highest BCUT2D eigenvalue weighted by Crippen LogP contribution is 2.35. The fraction of sp³-hybridized carbons (Fsp3) is 0.369. The van der Waals surface area contributed by atoms with E-state index in [0.29, 0.717) is 109 Å². The Kier molecular flexibility index (Phi) is 26.0. The van der Waals surface area contributed by atoms with Gasteiger partial charge in [0.2, 0.25) is 0 Å². The van der Waals surface area contributed by atoms with Gasteiger partial charge in [-0.25, -0.2) is 28.1 Å². The Morgan fingerprint density at radius 1 is 0.495 bits per heavy atom. The van der Waals surface area contributed by atoms with Gasteiger partial charge in [-0.3, -0.25) is 24.0 Å². The lowest BCUT2D eigenvalue weighted by molar-refractivity contribution is 0.0903. The highest BCUT2D eigenvalue weighted by atomic mass is 19.1. The van der Waals surface area contributed by atoms with Crippen LogP contribution in [0.4, 0.5) is 20.2 Å². The van der Waals surface area contributed by atoms with Gasteiger partial charge < -0.3 is 52.4 Å².